The summed E-state index contributed by atoms with van der Waals surface area (Å²) in [5.41, 5.74) is -1.02. The maximum absolute atomic E-state index is 13.7. The van der Waals surface area contributed by atoms with E-state index < -0.39 is 25.6 Å². The van der Waals surface area contributed by atoms with Gasteiger partial charge in [-0.3, -0.25) is 4.79 Å². The molecule has 2 aromatic carbocycles. The van der Waals surface area contributed by atoms with Gasteiger partial charge in [0.1, 0.15) is 18.2 Å². The Morgan fingerprint density at radius 2 is 1.77 bits per heavy atom. The van der Waals surface area contributed by atoms with Crippen molar-refractivity contribution in [2.45, 2.75) is 37.8 Å². The smallest absolute Gasteiger partial charge is 0.327 e. The number of fused-ring (bicyclic) bond motifs is 1. The van der Waals surface area contributed by atoms with Crippen LogP contribution in [0.5, 0.6) is 17.4 Å². The number of nitrogens with one attached hydrogen (secondary N) is 1. The van der Waals surface area contributed by atoms with Gasteiger partial charge in [-0.15, -0.1) is 0 Å². The lowest BCUT2D eigenvalue weighted by molar-refractivity contribution is -0.135. The van der Waals surface area contributed by atoms with Crippen molar-refractivity contribution in [1.82, 2.24) is 14.8 Å². The van der Waals surface area contributed by atoms with Crippen LogP contribution in [0, 0.1) is 0 Å². The van der Waals surface area contributed by atoms with Crippen LogP contribution >= 0.6 is 0 Å². The molecule has 4 rings (SSSR count). The number of amides is 3. The fourth-order valence-electron chi connectivity index (χ4n) is 4.15. The molecule has 3 amide bonds. The van der Waals surface area contributed by atoms with Gasteiger partial charge >= 0.3 is 6.03 Å². The molecule has 3 N–H and O–H groups in total. The molecule has 1 aliphatic rings. The molecule has 1 aliphatic heterocycles. The molecule has 1 saturated heterocycles. The highest BCUT2D eigenvalue weighted by molar-refractivity contribution is 6.76. The molecule has 0 spiro atoms. The van der Waals surface area contributed by atoms with E-state index in [1.165, 1.54) is 16.7 Å². The first-order valence-corrected chi connectivity index (χ1v) is 15.1. The summed E-state index contributed by atoms with van der Waals surface area (Å²) in [6.45, 7) is 6.92. The second kappa shape index (κ2) is 9.27. The third kappa shape index (κ3) is 4.84. The maximum atomic E-state index is 13.7. The number of phenolic OH excluding ortho intramolecular Hbond substituents is 1. The number of phenols is 1. The highest BCUT2D eigenvalue weighted by atomic mass is 28.3. The van der Waals surface area contributed by atoms with E-state index >= 15 is 0 Å². The molecule has 1 aromatic heterocycles. The number of rotatable bonds is 9. The number of carbonyl (C=O) groups excluding carboxylic acids is 2. The fraction of sp³-hybridized carbons (Fsp3) is 0.360. The molecule has 9 nitrogen and oxygen atoms in total. The summed E-state index contributed by atoms with van der Waals surface area (Å²) in [5.74, 6) is 0.0828. The largest absolute Gasteiger partial charge is 0.508 e. The van der Waals surface area contributed by atoms with Crippen LogP contribution in [0.3, 0.4) is 0 Å². The number of carbonyl (C=O) groups is 2. The number of aromatic hydroxyl groups is 2. The molecular weight excluding hydrogens is 466 g/mol. The minimum atomic E-state index is -1.50. The zero-order valence-corrected chi connectivity index (χ0v) is 21.4. The zero-order valence-electron chi connectivity index (χ0n) is 20.4. The van der Waals surface area contributed by atoms with Crippen molar-refractivity contribution in [2.24, 2.45) is 0 Å². The molecular formula is C25H31N3O6Si. The zero-order chi connectivity index (χ0) is 25.4. The topological polar surface area (TPSA) is 113 Å². The van der Waals surface area contributed by atoms with Gasteiger partial charge in [-0.2, -0.15) is 0 Å². The Bertz CT molecular complexity index is 1250. The molecule has 0 unspecified atom stereocenters. The monoisotopic (exact) mass is 497 g/mol. The van der Waals surface area contributed by atoms with E-state index in [1.54, 1.807) is 37.6 Å². The van der Waals surface area contributed by atoms with E-state index in [4.69, 9.17) is 9.47 Å². The summed E-state index contributed by atoms with van der Waals surface area (Å²) in [7, 11) is 0.216. The number of urea groups is 1. The predicted octanol–water partition coefficient (Wildman–Crippen LogP) is 3.82. The molecule has 0 saturated carbocycles. The van der Waals surface area contributed by atoms with Crippen molar-refractivity contribution >= 4 is 30.8 Å². The van der Waals surface area contributed by atoms with Crippen LogP contribution in [0.4, 0.5) is 4.79 Å². The summed E-state index contributed by atoms with van der Waals surface area (Å²) < 4.78 is 12.5. The Kier molecular flexibility index (Phi) is 6.52. The second-order valence-electron chi connectivity index (χ2n) is 10.00. The number of imide groups is 1. The summed E-state index contributed by atoms with van der Waals surface area (Å²) >= 11 is 0. The number of hydrogen-bond acceptors (Lipinski definition) is 6. The van der Waals surface area contributed by atoms with E-state index in [1.807, 2.05) is 6.07 Å². The lowest BCUT2D eigenvalue weighted by Gasteiger charge is -2.28. The fourth-order valence-corrected chi connectivity index (χ4v) is 4.90. The SMILES string of the molecule is COc1ccc2cn(C[C@@]3(c4ccc(O)cc4)NC(=O)N(COCC[Si](C)(C)C)C3=O)c(O)c2c1. The average molecular weight is 498 g/mol. The van der Waals surface area contributed by atoms with E-state index in [2.05, 4.69) is 25.0 Å². The standard InChI is InChI=1S/C25H31N3O6Si/c1-33-20-10-5-17-14-27(22(30)21(17)13-20)15-25(18-6-8-19(29)9-7-18)23(31)28(24(32)26-25)16-34-11-12-35(2,3)4/h5-10,13-14,29-30H,11-12,15-16H2,1-4H3,(H,26,32)/t25-/m0/s1. The minimum absolute atomic E-state index is 0.0360. The van der Waals surface area contributed by atoms with E-state index in [9.17, 15) is 19.8 Å². The third-order valence-corrected chi connectivity index (χ3v) is 7.93. The first-order chi connectivity index (χ1) is 16.5. The molecule has 1 fully saturated rings. The molecule has 1 atom stereocenters. The van der Waals surface area contributed by atoms with Gasteiger partial charge < -0.3 is 29.6 Å². The minimum Gasteiger partial charge on any atom is -0.508 e. The van der Waals surface area contributed by atoms with Crippen LogP contribution in [0.15, 0.2) is 48.7 Å². The van der Waals surface area contributed by atoms with Gasteiger partial charge in [0.25, 0.3) is 5.91 Å². The number of ether oxygens (including phenoxy) is 2. The second-order valence-corrected chi connectivity index (χ2v) is 15.6. The number of methoxy groups -OCH3 is 1. The molecule has 0 radical (unpaired) electrons. The van der Waals surface area contributed by atoms with Crippen LogP contribution < -0.4 is 10.1 Å². The van der Waals surface area contributed by atoms with Crippen LogP contribution in [-0.2, 0) is 21.6 Å². The Balaban J connectivity index is 1.68. The highest BCUT2D eigenvalue weighted by Crippen LogP contribution is 2.37. The maximum Gasteiger partial charge on any atom is 0.327 e. The van der Waals surface area contributed by atoms with Crippen molar-refractivity contribution in [3.05, 3.63) is 54.2 Å². The van der Waals surface area contributed by atoms with Crippen molar-refractivity contribution in [2.75, 3.05) is 20.4 Å². The van der Waals surface area contributed by atoms with Gasteiger partial charge in [-0.1, -0.05) is 31.8 Å². The first kappa shape index (κ1) is 24.6. The molecule has 186 valence electrons. The summed E-state index contributed by atoms with van der Waals surface area (Å²) in [4.78, 5) is 27.7. The van der Waals surface area contributed by atoms with E-state index in [0.29, 0.717) is 23.3 Å². The van der Waals surface area contributed by atoms with E-state index in [-0.39, 0.29) is 24.9 Å². The van der Waals surface area contributed by atoms with Gasteiger partial charge in [-0.05, 0) is 41.9 Å². The molecule has 35 heavy (non-hydrogen) atoms. The van der Waals surface area contributed by atoms with Crippen LogP contribution in [-0.4, -0.2) is 60.1 Å². The Labute approximate surface area is 204 Å². The Morgan fingerprint density at radius 3 is 2.43 bits per heavy atom. The number of nitrogens with zero attached hydrogens (tertiary/aromatic N) is 2. The lowest BCUT2D eigenvalue weighted by atomic mass is 9.89. The van der Waals surface area contributed by atoms with Crippen LogP contribution in [0.25, 0.3) is 10.8 Å². The molecule has 2 heterocycles. The molecule has 0 bridgehead atoms. The van der Waals surface area contributed by atoms with Crippen LogP contribution in [0.1, 0.15) is 5.56 Å². The number of hydrogen-bond donors (Lipinski definition) is 3. The van der Waals surface area contributed by atoms with Crippen molar-refractivity contribution < 1.29 is 29.3 Å². The molecule has 0 aliphatic carbocycles. The van der Waals surface area contributed by atoms with Gasteiger partial charge in [-0.25, -0.2) is 9.69 Å². The van der Waals surface area contributed by atoms with Crippen LogP contribution in [0.2, 0.25) is 25.7 Å². The van der Waals surface area contributed by atoms with Gasteiger partial charge in [0.2, 0.25) is 0 Å². The molecule has 3 aromatic rings. The predicted molar refractivity (Wildman–Crippen MR) is 134 cm³/mol. The highest BCUT2D eigenvalue weighted by Gasteiger charge is 2.53. The van der Waals surface area contributed by atoms with Gasteiger partial charge in [0.15, 0.2) is 11.4 Å². The van der Waals surface area contributed by atoms with Gasteiger partial charge in [0.05, 0.1) is 13.7 Å². The first-order valence-electron chi connectivity index (χ1n) is 11.4. The summed E-state index contributed by atoms with van der Waals surface area (Å²) in [6, 6.07) is 11.7. The Morgan fingerprint density at radius 1 is 1.06 bits per heavy atom. The summed E-state index contributed by atoms with van der Waals surface area (Å²) in [6.07, 6.45) is 1.72. The number of aromatic nitrogens is 1. The third-order valence-electron chi connectivity index (χ3n) is 6.23. The lowest BCUT2D eigenvalue weighted by Crippen LogP contribution is -2.47. The Hall–Kier alpha value is -3.50. The summed E-state index contributed by atoms with van der Waals surface area (Å²) in [5, 5.41) is 24.9. The van der Waals surface area contributed by atoms with Crippen molar-refractivity contribution in [1.29, 1.82) is 0 Å². The number of benzene rings is 2. The average Bonchev–Trinajstić information content (AvgIpc) is 3.24. The van der Waals surface area contributed by atoms with Crippen molar-refractivity contribution in [3.63, 3.8) is 0 Å². The normalized spacial score (nSPS) is 18.3. The van der Waals surface area contributed by atoms with E-state index in [0.717, 1.165) is 16.3 Å². The van der Waals surface area contributed by atoms with Crippen molar-refractivity contribution in [3.8, 4) is 17.4 Å². The molecule has 10 heteroatoms. The quantitative estimate of drug-likeness (QED) is 0.235. The van der Waals surface area contributed by atoms with Gasteiger partial charge in [0, 0.05) is 31.7 Å².